The summed E-state index contributed by atoms with van der Waals surface area (Å²) < 4.78 is 1.27. The summed E-state index contributed by atoms with van der Waals surface area (Å²) in [5, 5.41) is 3.64. The van der Waals surface area contributed by atoms with Gasteiger partial charge in [-0.3, -0.25) is 0 Å². The molecule has 0 saturated heterocycles. The van der Waals surface area contributed by atoms with Gasteiger partial charge in [-0.25, -0.2) is 0 Å². The number of nitrogens with one attached hydrogen (secondary N) is 1. The first-order chi connectivity index (χ1) is 6.68. The highest BCUT2D eigenvalue weighted by Crippen LogP contribution is 2.36. The van der Waals surface area contributed by atoms with Gasteiger partial charge in [0.15, 0.2) is 0 Å². The molecular weight excluding hydrogens is 258 g/mol. The lowest BCUT2D eigenvalue weighted by Gasteiger charge is -2.20. The van der Waals surface area contributed by atoms with Crippen LogP contribution in [0.5, 0.6) is 0 Å². The summed E-state index contributed by atoms with van der Waals surface area (Å²) in [6.07, 6.45) is 2.50. The Morgan fingerprint density at radius 1 is 1.57 bits per heavy atom. The Bertz CT molecular complexity index is 319. The van der Waals surface area contributed by atoms with Crippen molar-refractivity contribution in [1.82, 2.24) is 5.32 Å². The van der Waals surface area contributed by atoms with Crippen LogP contribution in [0.3, 0.4) is 0 Å². The van der Waals surface area contributed by atoms with Crippen LogP contribution in [0.2, 0.25) is 0 Å². The standard InChI is InChI=1S/C11H16BrNS/c1-7(2)11-8-6-10(12)14-9(8)4-3-5-13-11/h6-7,11,13H,3-5H2,1-2H3. The van der Waals surface area contributed by atoms with Crippen molar-refractivity contribution in [3.63, 3.8) is 0 Å². The molecule has 1 atom stereocenters. The molecule has 1 aliphatic rings. The van der Waals surface area contributed by atoms with Crippen molar-refractivity contribution in [1.29, 1.82) is 0 Å². The van der Waals surface area contributed by atoms with Crippen LogP contribution < -0.4 is 5.32 Å². The first-order valence-electron chi connectivity index (χ1n) is 5.20. The van der Waals surface area contributed by atoms with Gasteiger partial charge in [0.1, 0.15) is 0 Å². The minimum atomic E-state index is 0.551. The Labute approximate surface area is 98.0 Å². The van der Waals surface area contributed by atoms with E-state index in [1.165, 1.54) is 22.2 Å². The van der Waals surface area contributed by atoms with Gasteiger partial charge in [-0.05, 0) is 52.9 Å². The molecule has 0 aliphatic carbocycles. The third-order valence-corrected chi connectivity index (χ3v) is 4.47. The number of hydrogen-bond acceptors (Lipinski definition) is 2. The van der Waals surface area contributed by atoms with E-state index in [4.69, 9.17) is 0 Å². The molecule has 0 bridgehead atoms. The molecule has 1 N–H and O–H groups in total. The van der Waals surface area contributed by atoms with E-state index in [2.05, 4.69) is 41.2 Å². The smallest absolute Gasteiger partial charge is 0.0704 e. The monoisotopic (exact) mass is 273 g/mol. The number of thiophene rings is 1. The highest BCUT2D eigenvalue weighted by atomic mass is 79.9. The summed E-state index contributed by atoms with van der Waals surface area (Å²) >= 11 is 5.49. The molecule has 0 aromatic carbocycles. The normalized spacial score (nSPS) is 22.1. The van der Waals surface area contributed by atoms with Crippen molar-refractivity contribution in [2.24, 2.45) is 5.92 Å². The first-order valence-corrected chi connectivity index (χ1v) is 6.81. The maximum Gasteiger partial charge on any atom is 0.0704 e. The number of rotatable bonds is 1. The summed E-state index contributed by atoms with van der Waals surface area (Å²) in [6, 6.07) is 2.85. The van der Waals surface area contributed by atoms with Crippen LogP contribution in [0.1, 0.15) is 36.8 Å². The van der Waals surface area contributed by atoms with Crippen LogP contribution in [0.25, 0.3) is 0 Å². The lowest BCUT2D eigenvalue weighted by molar-refractivity contribution is 0.420. The van der Waals surface area contributed by atoms with E-state index in [9.17, 15) is 0 Å². The molecule has 1 aromatic heterocycles. The molecule has 1 nitrogen and oxygen atoms in total. The molecule has 0 saturated carbocycles. The molecule has 1 aliphatic heterocycles. The topological polar surface area (TPSA) is 12.0 Å². The zero-order valence-electron chi connectivity index (χ0n) is 8.64. The quantitative estimate of drug-likeness (QED) is 0.822. The van der Waals surface area contributed by atoms with Crippen LogP contribution in [-0.2, 0) is 6.42 Å². The molecule has 1 aromatic rings. The van der Waals surface area contributed by atoms with Gasteiger partial charge in [-0.15, -0.1) is 11.3 Å². The molecule has 0 fully saturated rings. The molecule has 78 valence electrons. The van der Waals surface area contributed by atoms with Gasteiger partial charge in [0.05, 0.1) is 3.79 Å². The van der Waals surface area contributed by atoms with Crippen LogP contribution in [-0.4, -0.2) is 6.54 Å². The Morgan fingerprint density at radius 3 is 3.07 bits per heavy atom. The van der Waals surface area contributed by atoms with Crippen molar-refractivity contribution in [2.45, 2.75) is 32.7 Å². The van der Waals surface area contributed by atoms with Gasteiger partial charge >= 0.3 is 0 Å². The first kappa shape index (κ1) is 10.7. The van der Waals surface area contributed by atoms with Crippen LogP contribution in [0, 0.1) is 5.92 Å². The fraction of sp³-hybridized carbons (Fsp3) is 0.636. The fourth-order valence-corrected chi connectivity index (χ4v) is 3.88. The molecule has 2 rings (SSSR count). The summed E-state index contributed by atoms with van der Waals surface area (Å²) in [5.41, 5.74) is 1.52. The van der Waals surface area contributed by atoms with Gasteiger partial charge in [0, 0.05) is 10.9 Å². The average Bonchev–Trinajstić information content (AvgIpc) is 2.35. The third kappa shape index (κ3) is 2.05. The molecule has 14 heavy (non-hydrogen) atoms. The second-order valence-corrected chi connectivity index (χ2v) is 6.72. The Balaban J connectivity index is 2.36. The van der Waals surface area contributed by atoms with Crippen LogP contribution in [0.4, 0.5) is 0 Å². The Morgan fingerprint density at radius 2 is 2.36 bits per heavy atom. The maximum absolute atomic E-state index is 3.64. The second-order valence-electron chi connectivity index (χ2n) is 4.21. The molecular formula is C11H16BrNS. The summed E-state index contributed by atoms with van der Waals surface area (Å²) in [5.74, 6) is 0.674. The van der Waals surface area contributed by atoms with Crippen molar-refractivity contribution >= 4 is 27.3 Å². The van der Waals surface area contributed by atoms with Crippen LogP contribution >= 0.6 is 27.3 Å². The van der Waals surface area contributed by atoms with Crippen molar-refractivity contribution in [2.75, 3.05) is 6.54 Å². The van der Waals surface area contributed by atoms with Gasteiger partial charge in [0.25, 0.3) is 0 Å². The van der Waals surface area contributed by atoms with E-state index in [-0.39, 0.29) is 0 Å². The highest BCUT2D eigenvalue weighted by molar-refractivity contribution is 9.11. The predicted octanol–water partition coefficient (Wildman–Crippen LogP) is 3.74. The minimum absolute atomic E-state index is 0.551. The molecule has 0 amide bonds. The number of aryl methyl sites for hydroxylation is 1. The second kappa shape index (κ2) is 4.33. The molecule has 0 spiro atoms. The van der Waals surface area contributed by atoms with Gasteiger partial charge in [-0.2, -0.15) is 0 Å². The van der Waals surface area contributed by atoms with Gasteiger partial charge in [-0.1, -0.05) is 13.8 Å². The summed E-state index contributed by atoms with van der Waals surface area (Å²) in [4.78, 5) is 1.57. The van der Waals surface area contributed by atoms with E-state index >= 15 is 0 Å². The minimum Gasteiger partial charge on any atom is -0.310 e. The van der Waals surface area contributed by atoms with Crippen molar-refractivity contribution < 1.29 is 0 Å². The third-order valence-electron chi connectivity index (χ3n) is 2.76. The molecule has 2 heterocycles. The average molecular weight is 274 g/mol. The van der Waals surface area contributed by atoms with E-state index in [0.717, 1.165) is 6.54 Å². The molecule has 1 unspecified atom stereocenters. The zero-order valence-corrected chi connectivity index (χ0v) is 11.0. The molecule has 3 heteroatoms. The van der Waals surface area contributed by atoms with E-state index in [1.807, 2.05) is 11.3 Å². The van der Waals surface area contributed by atoms with Crippen molar-refractivity contribution in [3.8, 4) is 0 Å². The van der Waals surface area contributed by atoms with E-state index < -0.39 is 0 Å². The summed E-state index contributed by atoms with van der Waals surface area (Å²) in [6.45, 7) is 5.73. The van der Waals surface area contributed by atoms with Gasteiger partial charge in [0.2, 0.25) is 0 Å². The number of halogens is 1. The fourth-order valence-electron chi connectivity index (χ4n) is 2.08. The van der Waals surface area contributed by atoms with Gasteiger partial charge < -0.3 is 5.32 Å². The zero-order chi connectivity index (χ0) is 10.1. The predicted molar refractivity (Wildman–Crippen MR) is 65.9 cm³/mol. The number of fused-ring (bicyclic) bond motifs is 1. The largest absolute Gasteiger partial charge is 0.310 e. The maximum atomic E-state index is 3.64. The SMILES string of the molecule is CC(C)C1NCCCc2sc(Br)cc21. The lowest BCUT2D eigenvalue weighted by atomic mass is 9.97. The van der Waals surface area contributed by atoms with E-state index in [0.29, 0.717) is 12.0 Å². The van der Waals surface area contributed by atoms with Crippen molar-refractivity contribution in [3.05, 3.63) is 20.3 Å². The van der Waals surface area contributed by atoms with E-state index in [1.54, 1.807) is 4.88 Å². The molecule has 0 radical (unpaired) electrons. The van der Waals surface area contributed by atoms with Crippen LogP contribution in [0.15, 0.2) is 9.85 Å². The lowest BCUT2D eigenvalue weighted by Crippen LogP contribution is -2.24. The summed E-state index contributed by atoms with van der Waals surface area (Å²) in [7, 11) is 0. The number of hydrogen-bond donors (Lipinski definition) is 1. The Kier molecular flexibility index (Phi) is 3.30. The Hall–Kier alpha value is 0.140. The highest BCUT2D eigenvalue weighted by Gasteiger charge is 2.22.